The van der Waals surface area contributed by atoms with Gasteiger partial charge in [-0.05, 0) is 55.2 Å². The number of fused-ring (bicyclic) bond motifs is 2. The molecule has 5 rings (SSSR count). The number of hydrazine groups is 1. The molecule has 2 aliphatic heterocycles. The van der Waals surface area contributed by atoms with Crippen molar-refractivity contribution in [3.05, 3.63) is 46.7 Å². The van der Waals surface area contributed by atoms with E-state index in [9.17, 15) is 24.0 Å². The second-order valence-corrected chi connectivity index (χ2v) is 14.4. The number of para-hydroxylation sites is 1. The zero-order valence-corrected chi connectivity index (χ0v) is 27.1. The van der Waals surface area contributed by atoms with Gasteiger partial charge in [-0.25, -0.2) is 14.8 Å². The maximum Gasteiger partial charge on any atom is 0.315 e. The molecule has 0 aliphatic carbocycles. The van der Waals surface area contributed by atoms with Crippen LogP contribution in [0.5, 0.6) is 0 Å². The Hall–Kier alpha value is -3.49. The van der Waals surface area contributed by atoms with Gasteiger partial charge in [0.05, 0.1) is 22.0 Å². The fourth-order valence-electron chi connectivity index (χ4n) is 5.37. The van der Waals surface area contributed by atoms with Gasteiger partial charge < -0.3 is 16.0 Å². The molecular weight excluding hydrogens is 621 g/mol. The van der Waals surface area contributed by atoms with Crippen LogP contribution in [-0.4, -0.2) is 81.5 Å². The first-order valence-corrected chi connectivity index (χ1v) is 17.4. The minimum absolute atomic E-state index is 0.0623. The molecule has 3 aromatic rings. The first-order valence-electron chi connectivity index (χ1n) is 14.7. The highest BCUT2D eigenvalue weighted by molar-refractivity contribution is 8.01. The van der Waals surface area contributed by atoms with E-state index in [4.69, 9.17) is 0 Å². The fourth-order valence-corrected chi connectivity index (χ4v) is 8.07. The summed E-state index contributed by atoms with van der Waals surface area (Å²) >= 11 is 4.45. The van der Waals surface area contributed by atoms with E-state index in [1.54, 1.807) is 11.3 Å². The van der Waals surface area contributed by atoms with Crippen molar-refractivity contribution in [2.24, 2.45) is 5.92 Å². The molecule has 0 radical (unpaired) electrons. The van der Waals surface area contributed by atoms with Crippen molar-refractivity contribution in [2.75, 3.05) is 18.8 Å². The van der Waals surface area contributed by atoms with Gasteiger partial charge in [-0.2, -0.15) is 0 Å². The molecule has 0 unspecified atom stereocenters. The number of nitrogens with one attached hydrogen (secondary N) is 3. The van der Waals surface area contributed by atoms with Gasteiger partial charge >= 0.3 is 6.03 Å². The zero-order chi connectivity index (χ0) is 31.2. The number of urea groups is 1. The summed E-state index contributed by atoms with van der Waals surface area (Å²) in [4.78, 5) is 72.2. The highest BCUT2D eigenvalue weighted by Gasteiger charge is 2.45. The first-order chi connectivity index (χ1) is 21.2. The number of amides is 5. The predicted octanol–water partition coefficient (Wildman–Crippen LogP) is 3.60. The lowest BCUT2D eigenvalue weighted by Gasteiger charge is -2.43. The van der Waals surface area contributed by atoms with Gasteiger partial charge in [-0.3, -0.25) is 24.2 Å². The van der Waals surface area contributed by atoms with Crippen molar-refractivity contribution in [3.63, 3.8) is 0 Å². The number of rotatable bonds is 11. The molecule has 44 heavy (non-hydrogen) atoms. The summed E-state index contributed by atoms with van der Waals surface area (Å²) in [6.45, 7) is 4.42. The van der Waals surface area contributed by atoms with Crippen LogP contribution in [-0.2, 0) is 25.6 Å². The van der Waals surface area contributed by atoms with Crippen LogP contribution in [0.15, 0.2) is 46.1 Å². The van der Waals surface area contributed by atoms with E-state index < -0.39 is 36.0 Å². The second kappa shape index (κ2) is 14.5. The van der Waals surface area contributed by atoms with Crippen molar-refractivity contribution in [2.45, 2.75) is 68.4 Å². The van der Waals surface area contributed by atoms with Crippen molar-refractivity contribution in [3.8, 4) is 0 Å². The van der Waals surface area contributed by atoms with Gasteiger partial charge in [0.1, 0.15) is 12.1 Å². The molecule has 0 saturated carbocycles. The van der Waals surface area contributed by atoms with Crippen LogP contribution in [0.4, 0.5) is 4.79 Å². The third kappa shape index (κ3) is 7.59. The van der Waals surface area contributed by atoms with E-state index in [0.29, 0.717) is 32.4 Å². The molecule has 0 spiro atoms. The monoisotopic (exact) mass is 656 g/mol. The SMILES string of the molecule is CC(C)[C@H](NC(=O)[C@@H]1CCCN2C(=O)CC[C@H](NC(=O)NCCc3cccs3)C(=O)N12)C(=O)CSc1nc2ccccc2s1. The molecule has 2 fully saturated rings. The second-order valence-electron chi connectivity index (χ2n) is 11.1. The van der Waals surface area contributed by atoms with Crippen molar-refractivity contribution >= 4 is 74.2 Å². The molecule has 3 atom stereocenters. The Balaban J connectivity index is 1.22. The number of carbonyl (C=O) groups excluding carboxylic acids is 5. The number of aromatic nitrogens is 1. The lowest BCUT2D eigenvalue weighted by Crippen LogP contribution is -2.65. The van der Waals surface area contributed by atoms with Crippen molar-refractivity contribution in [1.29, 1.82) is 0 Å². The number of thioether (sulfide) groups is 1. The van der Waals surface area contributed by atoms with Crippen LogP contribution < -0.4 is 16.0 Å². The van der Waals surface area contributed by atoms with Crippen LogP contribution in [0.2, 0.25) is 0 Å². The molecule has 2 aliphatic rings. The molecule has 1 aromatic carbocycles. The Morgan fingerprint density at radius 2 is 1.93 bits per heavy atom. The zero-order valence-electron chi connectivity index (χ0n) is 24.6. The van der Waals surface area contributed by atoms with E-state index in [1.165, 1.54) is 33.1 Å². The maximum atomic E-state index is 13.8. The molecular formula is C30H36N6O5S3. The highest BCUT2D eigenvalue weighted by Crippen LogP contribution is 2.30. The topological polar surface area (TPSA) is 141 Å². The molecule has 0 bridgehead atoms. The number of thiophene rings is 1. The van der Waals surface area contributed by atoms with E-state index in [2.05, 4.69) is 20.9 Å². The van der Waals surface area contributed by atoms with Gasteiger partial charge in [0.2, 0.25) is 11.8 Å². The number of ketones is 1. The van der Waals surface area contributed by atoms with Crippen LogP contribution in [0, 0.1) is 5.92 Å². The first kappa shape index (κ1) is 31.9. The summed E-state index contributed by atoms with van der Waals surface area (Å²) in [6.07, 6.45) is 1.72. The minimum atomic E-state index is -0.976. The number of hydrogen-bond acceptors (Lipinski definition) is 9. The Morgan fingerprint density at radius 3 is 2.68 bits per heavy atom. The molecule has 4 heterocycles. The standard InChI is InChI=1S/C30H36N6O5S3/c1-18(2)26(23(37)17-43-30-33-20-8-3-4-10-24(20)44-30)34-27(39)22-9-5-15-35-25(38)12-11-21(28(40)36(22)35)32-29(41)31-14-13-19-7-6-16-42-19/h3-4,6-8,10,16,18,21-22,26H,5,9,11-15,17H2,1-2H3,(H,34,39)(H2,31,32,41)/t21-,22-,26-/m0/s1. The number of nitrogens with zero attached hydrogens (tertiary/aromatic N) is 3. The van der Waals surface area contributed by atoms with E-state index in [1.807, 2.05) is 55.6 Å². The Labute approximate surface area is 268 Å². The number of carbonyl (C=O) groups is 5. The van der Waals surface area contributed by atoms with Crippen molar-refractivity contribution in [1.82, 2.24) is 31.0 Å². The normalized spacial score (nSPS) is 19.4. The fraction of sp³-hybridized carbons (Fsp3) is 0.467. The molecule has 11 nitrogen and oxygen atoms in total. The van der Waals surface area contributed by atoms with Gasteiger partial charge in [0.25, 0.3) is 5.91 Å². The molecule has 234 valence electrons. The number of hydrogen-bond donors (Lipinski definition) is 3. The lowest BCUT2D eigenvalue weighted by atomic mass is 9.99. The smallest absolute Gasteiger partial charge is 0.315 e. The summed E-state index contributed by atoms with van der Waals surface area (Å²) in [5, 5.41) is 12.9. The average Bonchev–Trinajstić information content (AvgIpc) is 3.67. The van der Waals surface area contributed by atoms with Gasteiger partial charge in [-0.1, -0.05) is 43.8 Å². The Morgan fingerprint density at radius 1 is 1.11 bits per heavy atom. The summed E-state index contributed by atoms with van der Waals surface area (Å²) in [6, 6.07) is 8.48. The largest absolute Gasteiger partial charge is 0.344 e. The molecule has 2 aromatic heterocycles. The number of thiazole rings is 1. The van der Waals surface area contributed by atoms with Crippen molar-refractivity contribution < 1.29 is 24.0 Å². The average molecular weight is 657 g/mol. The summed E-state index contributed by atoms with van der Waals surface area (Å²) in [5.74, 6) is -1.49. The predicted molar refractivity (Wildman–Crippen MR) is 171 cm³/mol. The molecule has 2 saturated heterocycles. The quantitative estimate of drug-likeness (QED) is 0.268. The van der Waals surface area contributed by atoms with Crippen LogP contribution in [0.3, 0.4) is 0 Å². The Bertz CT molecular complexity index is 1480. The number of benzene rings is 1. The molecule has 3 N–H and O–H groups in total. The van der Waals surface area contributed by atoms with Crippen LogP contribution in [0.25, 0.3) is 10.2 Å². The molecule has 5 amide bonds. The van der Waals surface area contributed by atoms with Gasteiger partial charge in [0, 0.05) is 24.4 Å². The number of Topliss-reactive ketones (excluding diaryl/α,β-unsaturated/α-hetero) is 1. The van der Waals surface area contributed by atoms with E-state index in [-0.39, 0.29) is 36.2 Å². The van der Waals surface area contributed by atoms with Gasteiger partial charge in [-0.15, -0.1) is 22.7 Å². The van der Waals surface area contributed by atoms with E-state index >= 15 is 0 Å². The highest BCUT2D eigenvalue weighted by atomic mass is 32.2. The third-order valence-corrected chi connectivity index (χ3v) is 10.8. The Kier molecular flexibility index (Phi) is 10.5. The van der Waals surface area contributed by atoms with Crippen LogP contribution in [0.1, 0.15) is 44.4 Å². The summed E-state index contributed by atoms with van der Waals surface area (Å²) in [5.41, 5.74) is 0.878. The maximum absolute atomic E-state index is 13.8. The summed E-state index contributed by atoms with van der Waals surface area (Å²) < 4.78 is 1.82. The van der Waals surface area contributed by atoms with Crippen LogP contribution >= 0.6 is 34.4 Å². The van der Waals surface area contributed by atoms with E-state index in [0.717, 1.165) is 19.4 Å². The molecule has 14 heteroatoms. The minimum Gasteiger partial charge on any atom is -0.344 e. The van der Waals surface area contributed by atoms with Gasteiger partial charge in [0.15, 0.2) is 10.1 Å². The third-order valence-electron chi connectivity index (χ3n) is 7.63. The lowest BCUT2D eigenvalue weighted by molar-refractivity contribution is -0.176. The summed E-state index contributed by atoms with van der Waals surface area (Å²) in [7, 11) is 0.